The Labute approximate surface area is 132 Å². The van der Waals surface area contributed by atoms with Crippen molar-refractivity contribution in [2.24, 2.45) is 0 Å². The Morgan fingerprint density at radius 2 is 0.700 bits per heavy atom. The van der Waals surface area contributed by atoms with Gasteiger partial charge in [0.25, 0.3) is 0 Å². The van der Waals surface area contributed by atoms with Crippen molar-refractivity contribution in [3.63, 3.8) is 0 Å². The van der Waals surface area contributed by atoms with Crippen LogP contribution in [0.2, 0.25) is 0 Å². The third-order valence-electron chi connectivity index (χ3n) is 5.10. The summed E-state index contributed by atoms with van der Waals surface area (Å²) in [4.78, 5) is 0. The monoisotopic (exact) mass is 363 g/mol. The molecule has 0 amide bonds. The zero-order valence-corrected chi connectivity index (χ0v) is 15.4. The van der Waals surface area contributed by atoms with Crippen LogP contribution < -0.4 is 0 Å². The van der Waals surface area contributed by atoms with Crippen molar-refractivity contribution >= 4 is 21.1 Å². The molecule has 0 aromatic rings. The quantitative estimate of drug-likeness (QED) is 0.564. The number of piperidine rings is 3. The Morgan fingerprint density at radius 1 is 0.450 bits per heavy atom. The van der Waals surface area contributed by atoms with Crippen molar-refractivity contribution in [2.45, 2.75) is 57.8 Å². The summed E-state index contributed by atoms with van der Waals surface area (Å²) in [6, 6.07) is 0. The van der Waals surface area contributed by atoms with E-state index in [0.717, 1.165) is 0 Å². The van der Waals surface area contributed by atoms with Crippen molar-refractivity contribution in [1.82, 2.24) is 14.0 Å². The van der Waals surface area contributed by atoms with Crippen molar-refractivity contribution in [2.75, 3.05) is 39.3 Å². The van der Waals surface area contributed by atoms with Crippen LogP contribution in [-0.4, -0.2) is 68.4 Å². The molecule has 3 heterocycles. The number of hydrogen-bond acceptors (Lipinski definition) is 3. The molecule has 5 heteroatoms. The van der Waals surface area contributed by atoms with Gasteiger partial charge >= 0.3 is 132 Å². The molecule has 0 spiro atoms. The van der Waals surface area contributed by atoms with Gasteiger partial charge in [0.2, 0.25) is 0 Å². The summed E-state index contributed by atoms with van der Waals surface area (Å²) in [5.74, 6) is -1.32. The van der Waals surface area contributed by atoms with Gasteiger partial charge in [0, 0.05) is 0 Å². The van der Waals surface area contributed by atoms with Crippen LogP contribution in [0, 0.1) is 0 Å². The molecule has 3 fully saturated rings. The molecule has 0 aromatic heterocycles. The van der Waals surface area contributed by atoms with Gasteiger partial charge < -0.3 is 0 Å². The molecule has 3 nitrogen and oxygen atoms in total. The molecule has 3 aliphatic heterocycles. The Kier molecular flexibility index (Phi) is 5.81. The fraction of sp³-hybridized carbons (Fsp3) is 1.00. The summed E-state index contributed by atoms with van der Waals surface area (Å²) in [7, 11) is 0. The molecular formula is C15H30N3PSe. The molecule has 3 rings (SSSR count). The summed E-state index contributed by atoms with van der Waals surface area (Å²) >= 11 is 3.79. The molecule has 0 aromatic carbocycles. The maximum atomic E-state index is 3.79. The third-order valence-corrected chi connectivity index (χ3v) is 12.9. The second-order valence-electron chi connectivity index (χ2n) is 6.56. The van der Waals surface area contributed by atoms with Gasteiger partial charge in [-0.05, 0) is 0 Å². The van der Waals surface area contributed by atoms with E-state index in [0.29, 0.717) is 0 Å². The summed E-state index contributed by atoms with van der Waals surface area (Å²) in [5, 5.41) is 0. The van der Waals surface area contributed by atoms with E-state index in [4.69, 9.17) is 0 Å². The summed E-state index contributed by atoms with van der Waals surface area (Å²) < 4.78 is 8.60. The fourth-order valence-electron chi connectivity index (χ4n) is 3.95. The van der Waals surface area contributed by atoms with Crippen molar-refractivity contribution in [1.29, 1.82) is 0 Å². The number of nitrogens with zero attached hydrogens (tertiary/aromatic N) is 3. The number of hydrogen-bond donors (Lipinski definition) is 0. The molecule has 0 N–H and O–H groups in total. The Hall–Kier alpha value is 0.829. The Balaban J connectivity index is 1.81. The average Bonchev–Trinajstić information content (AvgIpc) is 2.56. The first-order valence-corrected chi connectivity index (χ1v) is 12.5. The van der Waals surface area contributed by atoms with Crippen LogP contribution >= 0.6 is 5.96 Å². The van der Waals surface area contributed by atoms with Crippen LogP contribution in [-0.2, 0) is 0 Å². The van der Waals surface area contributed by atoms with Crippen molar-refractivity contribution < 1.29 is 0 Å². The van der Waals surface area contributed by atoms with E-state index in [-0.39, 0.29) is 0 Å². The first kappa shape index (κ1) is 15.7. The summed E-state index contributed by atoms with van der Waals surface area (Å²) in [5.41, 5.74) is 0. The molecule has 3 saturated heterocycles. The van der Waals surface area contributed by atoms with Crippen molar-refractivity contribution in [3.05, 3.63) is 0 Å². The predicted molar refractivity (Wildman–Crippen MR) is 88.9 cm³/mol. The van der Waals surface area contributed by atoms with Crippen LogP contribution in [0.4, 0.5) is 0 Å². The SMILES string of the molecule is [Se]=P(N1CCCCC1)(N1CCCCC1)N1CCCCC1. The van der Waals surface area contributed by atoms with Gasteiger partial charge in [0.15, 0.2) is 0 Å². The molecule has 0 aliphatic carbocycles. The molecule has 20 heavy (non-hydrogen) atoms. The average molecular weight is 362 g/mol. The maximum absolute atomic E-state index is 3.79. The van der Waals surface area contributed by atoms with Crippen LogP contribution in [0.5, 0.6) is 0 Å². The Morgan fingerprint density at radius 3 is 0.950 bits per heavy atom. The first-order valence-electron chi connectivity index (χ1n) is 8.68. The standard InChI is InChI=1S/C15H30N3PSe/c20-19(16-10-4-1-5-11-16,17-12-6-2-7-13-17)18-14-8-3-9-15-18/h1-15H2. The van der Waals surface area contributed by atoms with Gasteiger partial charge in [-0.2, -0.15) is 0 Å². The van der Waals surface area contributed by atoms with Crippen LogP contribution in [0.15, 0.2) is 0 Å². The van der Waals surface area contributed by atoms with Gasteiger partial charge in [0.05, 0.1) is 0 Å². The second kappa shape index (κ2) is 7.40. The minimum absolute atomic E-state index is 1.32. The van der Waals surface area contributed by atoms with Crippen LogP contribution in [0.1, 0.15) is 57.8 Å². The van der Waals surface area contributed by atoms with E-state index in [1.807, 2.05) is 0 Å². The molecule has 3 aliphatic rings. The first-order chi connectivity index (χ1) is 9.82. The van der Waals surface area contributed by atoms with Crippen LogP contribution in [0.25, 0.3) is 0 Å². The molecule has 0 saturated carbocycles. The van der Waals surface area contributed by atoms with Gasteiger partial charge in [-0.3, -0.25) is 0 Å². The molecule has 116 valence electrons. The third kappa shape index (κ3) is 3.26. The van der Waals surface area contributed by atoms with Gasteiger partial charge in [-0.25, -0.2) is 0 Å². The second-order valence-corrected chi connectivity index (χ2v) is 12.4. The fourth-order valence-corrected chi connectivity index (χ4v) is 10.5. The zero-order chi connectivity index (χ0) is 13.8. The van der Waals surface area contributed by atoms with E-state index in [1.54, 1.807) is 0 Å². The predicted octanol–water partition coefficient (Wildman–Crippen LogP) is 3.29. The van der Waals surface area contributed by atoms with E-state index >= 15 is 0 Å². The van der Waals surface area contributed by atoms with Gasteiger partial charge in [-0.15, -0.1) is 0 Å². The minimum atomic E-state index is -1.32. The molecular weight excluding hydrogens is 332 g/mol. The molecule has 0 unspecified atom stereocenters. The molecule has 0 radical (unpaired) electrons. The van der Waals surface area contributed by atoms with E-state index in [2.05, 4.69) is 29.1 Å². The van der Waals surface area contributed by atoms with E-state index < -0.39 is 5.96 Å². The van der Waals surface area contributed by atoms with Crippen molar-refractivity contribution in [3.8, 4) is 0 Å². The normalized spacial score (nSPS) is 28.6. The Bertz CT molecular complexity index is 293. The summed E-state index contributed by atoms with van der Waals surface area (Å²) in [6.07, 6.45) is 12.8. The van der Waals surface area contributed by atoms with Crippen LogP contribution in [0.3, 0.4) is 0 Å². The van der Waals surface area contributed by atoms with E-state index in [1.165, 1.54) is 97.1 Å². The zero-order valence-electron chi connectivity index (χ0n) is 12.8. The number of rotatable bonds is 3. The summed E-state index contributed by atoms with van der Waals surface area (Å²) in [6.45, 7) is 7.96. The molecule has 0 bridgehead atoms. The van der Waals surface area contributed by atoms with Gasteiger partial charge in [0.1, 0.15) is 0 Å². The van der Waals surface area contributed by atoms with Gasteiger partial charge in [-0.1, -0.05) is 0 Å². The van der Waals surface area contributed by atoms with E-state index in [9.17, 15) is 0 Å². The molecule has 0 atom stereocenters. The topological polar surface area (TPSA) is 9.72 Å².